The highest BCUT2D eigenvalue weighted by molar-refractivity contribution is 5.90. The highest BCUT2D eigenvalue weighted by Crippen LogP contribution is 2.18. The third-order valence-electron chi connectivity index (χ3n) is 2.44. The first-order chi connectivity index (χ1) is 8.36. The third-order valence-corrected chi connectivity index (χ3v) is 2.44. The molecule has 18 heavy (non-hydrogen) atoms. The monoisotopic (exact) mass is 252 g/mol. The molecule has 0 aliphatic carbocycles. The molecule has 0 atom stereocenters. The zero-order valence-electron chi connectivity index (χ0n) is 11.5. The summed E-state index contributed by atoms with van der Waals surface area (Å²) in [5.41, 5.74) is 0.857. The van der Waals surface area contributed by atoms with E-state index in [1.165, 1.54) is 0 Å². The van der Waals surface area contributed by atoms with Crippen molar-refractivity contribution in [3.63, 3.8) is 0 Å². The molecule has 0 aromatic carbocycles. The number of carboxylic acid groups (broad SMARTS) is 1. The molecule has 1 aromatic heterocycles. The number of ether oxygens (including phenoxy) is 1. The van der Waals surface area contributed by atoms with Gasteiger partial charge in [0.25, 0.3) is 0 Å². The lowest BCUT2D eigenvalue weighted by Gasteiger charge is -2.17. The van der Waals surface area contributed by atoms with Gasteiger partial charge in [0.15, 0.2) is 0 Å². The molecule has 0 bridgehead atoms. The summed E-state index contributed by atoms with van der Waals surface area (Å²) in [5, 5.41) is 9.22. The summed E-state index contributed by atoms with van der Waals surface area (Å²) in [4.78, 5) is 15.4. The summed E-state index contributed by atoms with van der Waals surface area (Å²) in [5.74, 6) is -0.641. The van der Waals surface area contributed by atoms with Gasteiger partial charge in [0.1, 0.15) is 16.8 Å². The van der Waals surface area contributed by atoms with Gasteiger partial charge in [0, 0.05) is 25.4 Å². The fraction of sp³-hybridized carbons (Fsp3) is 0.538. The largest absolute Gasteiger partial charge is 0.490 e. The number of aromatic nitrogens is 1. The number of aromatic carboxylic acids is 1. The summed E-state index contributed by atoms with van der Waals surface area (Å²) < 4.78 is 7.35. The van der Waals surface area contributed by atoms with Gasteiger partial charge in [-0.15, -0.1) is 0 Å². The van der Waals surface area contributed by atoms with Crippen LogP contribution in [0, 0.1) is 0 Å². The number of nitrogens with zero attached hydrogens (tertiary/aromatic N) is 2. The zero-order valence-corrected chi connectivity index (χ0v) is 11.5. The molecule has 1 rings (SSSR count). The minimum atomic E-state index is -0.997. The third kappa shape index (κ3) is 3.12. The van der Waals surface area contributed by atoms with Gasteiger partial charge in [-0.2, -0.15) is 0 Å². The van der Waals surface area contributed by atoms with Gasteiger partial charge in [0.05, 0.1) is 6.10 Å². The van der Waals surface area contributed by atoms with Crippen LogP contribution in [0.4, 0.5) is 0 Å². The molecule has 1 heterocycles. The number of pyridine rings is 1. The normalized spacial score (nSPS) is 12.3. The van der Waals surface area contributed by atoms with Crippen LogP contribution in [0.2, 0.25) is 0 Å². The van der Waals surface area contributed by atoms with E-state index in [0.29, 0.717) is 11.2 Å². The Morgan fingerprint density at radius 2 is 2.00 bits per heavy atom. The SMILES string of the molecule is CN=c1cc(OC(C)C)c(C(=O)O)cn1C(C)C. The minimum absolute atomic E-state index is 0.0808. The average molecular weight is 252 g/mol. The molecule has 1 aromatic rings. The van der Waals surface area contributed by atoms with E-state index in [2.05, 4.69) is 4.99 Å². The van der Waals surface area contributed by atoms with Crippen molar-refractivity contribution < 1.29 is 14.6 Å². The molecule has 0 spiro atoms. The van der Waals surface area contributed by atoms with Crippen molar-refractivity contribution in [2.75, 3.05) is 7.05 Å². The summed E-state index contributed by atoms with van der Waals surface area (Å²) in [6, 6.07) is 1.80. The summed E-state index contributed by atoms with van der Waals surface area (Å²) in [7, 11) is 1.67. The number of hydrogen-bond acceptors (Lipinski definition) is 3. The molecule has 0 saturated heterocycles. The molecule has 100 valence electrons. The van der Waals surface area contributed by atoms with Crippen LogP contribution < -0.4 is 10.2 Å². The van der Waals surface area contributed by atoms with Crippen molar-refractivity contribution in [1.82, 2.24) is 4.57 Å². The van der Waals surface area contributed by atoms with Crippen LogP contribution in [0.5, 0.6) is 5.75 Å². The van der Waals surface area contributed by atoms with Crippen LogP contribution in [0.25, 0.3) is 0 Å². The summed E-state index contributed by atoms with van der Waals surface area (Å²) >= 11 is 0. The molecule has 0 saturated carbocycles. The standard InChI is InChI=1S/C13H20N2O3/c1-8(2)15-7-10(13(16)17)11(18-9(3)4)6-12(15)14-5/h6-9H,1-5H3,(H,16,17). The second-order valence-electron chi connectivity index (χ2n) is 4.61. The molecule has 0 radical (unpaired) electrons. The lowest BCUT2D eigenvalue weighted by atomic mass is 10.2. The predicted molar refractivity (Wildman–Crippen MR) is 69.0 cm³/mol. The Morgan fingerprint density at radius 3 is 2.39 bits per heavy atom. The van der Waals surface area contributed by atoms with Crippen LogP contribution in [-0.2, 0) is 0 Å². The number of carboxylic acids is 1. The Labute approximate surface area is 107 Å². The van der Waals surface area contributed by atoms with E-state index in [0.717, 1.165) is 0 Å². The van der Waals surface area contributed by atoms with Crippen molar-refractivity contribution in [1.29, 1.82) is 0 Å². The van der Waals surface area contributed by atoms with Gasteiger partial charge in [-0.05, 0) is 27.7 Å². The Hall–Kier alpha value is -1.78. The minimum Gasteiger partial charge on any atom is -0.490 e. The second kappa shape index (κ2) is 5.71. The number of hydrogen-bond donors (Lipinski definition) is 1. The van der Waals surface area contributed by atoms with E-state index in [-0.39, 0.29) is 17.7 Å². The lowest BCUT2D eigenvalue weighted by Crippen LogP contribution is -2.25. The molecule has 5 heteroatoms. The van der Waals surface area contributed by atoms with Crippen LogP contribution in [0.15, 0.2) is 17.3 Å². The van der Waals surface area contributed by atoms with Crippen molar-refractivity contribution in [3.8, 4) is 5.75 Å². The van der Waals surface area contributed by atoms with E-state index in [1.807, 2.05) is 32.3 Å². The highest BCUT2D eigenvalue weighted by atomic mass is 16.5. The fourth-order valence-electron chi connectivity index (χ4n) is 1.64. The van der Waals surface area contributed by atoms with Crippen molar-refractivity contribution in [3.05, 3.63) is 23.3 Å². The van der Waals surface area contributed by atoms with E-state index in [9.17, 15) is 9.90 Å². The van der Waals surface area contributed by atoms with Gasteiger partial charge >= 0.3 is 5.97 Å². The first-order valence-corrected chi connectivity index (χ1v) is 5.95. The Balaban J connectivity index is 3.47. The molecule has 0 aliphatic heterocycles. The summed E-state index contributed by atoms with van der Waals surface area (Å²) in [6.45, 7) is 7.67. The fourth-order valence-corrected chi connectivity index (χ4v) is 1.64. The first kappa shape index (κ1) is 14.3. The first-order valence-electron chi connectivity index (χ1n) is 5.95. The van der Waals surface area contributed by atoms with Crippen LogP contribution in [-0.4, -0.2) is 28.8 Å². The smallest absolute Gasteiger partial charge is 0.340 e. The van der Waals surface area contributed by atoms with Crippen LogP contribution in [0.1, 0.15) is 44.1 Å². The maximum absolute atomic E-state index is 11.3. The molecule has 0 unspecified atom stereocenters. The van der Waals surface area contributed by atoms with Crippen molar-refractivity contribution in [2.24, 2.45) is 4.99 Å². The Morgan fingerprint density at radius 1 is 1.39 bits per heavy atom. The molecular formula is C13H20N2O3. The van der Waals surface area contributed by atoms with Gasteiger partial charge < -0.3 is 14.4 Å². The van der Waals surface area contributed by atoms with E-state index < -0.39 is 5.97 Å². The van der Waals surface area contributed by atoms with Crippen molar-refractivity contribution in [2.45, 2.75) is 39.8 Å². The second-order valence-corrected chi connectivity index (χ2v) is 4.61. The maximum Gasteiger partial charge on any atom is 0.340 e. The summed E-state index contributed by atoms with van der Waals surface area (Å²) in [6.07, 6.45) is 1.50. The van der Waals surface area contributed by atoms with Gasteiger partial charge in [0.2, 0.25) is 0 Å². The van der Waals surface area contributed by atoms with Gasteiger partial charge in [-0.3, -0.25) is 4.99 Å². The highest BCUT2D eigenvalue weighted by Gasteiger charge is 2.15. The van der Waals surface area contributed by atoms with E-state index in [4.69, 9.17) is 4.74 Å². The molecule has 5 nitrogen and oxygen atoms in total. The van der Waals surface area contributed by atoms with E-state index >= 15 is 0 Å². The lowest BCUT2D eigenvalue weighted by molar-refractivity contribution is 0.0689. The quantitative estimate of drug-likeness (QED) is 0.892. The Kier molecular flexibility index (Phi) is 4.53. The number of carbonyl (C=O) groups is 1. The van der Waals surface area contributed by atoms with Crippen LogP contribution in [0.3, 0.4) is 0 Å². The van der Waals surface area contributed by atoms with E-state index in [1.54, 1.807) is 19.3 Å². The van der Waals surface area contributed by atoms with Gasteiger partial charge in [-0.25, -0.2) is 4.79 Å². The molecule has 0 aliphatic rings. The van der Waals surface area contributed by atoms with Crippen molar-refractivity contribution >= 4 is 5.97 Å². The molecule has 1 N–H and O–H groups in total. The molecule has 0 amide bonds. The van der Waals surface area contributed by atoms with Crippen LogP contribution >= 0.6 is 0 Å². The Bertz CT molecular complexity index is 501. The number of rotatable bonds is 4. The van der Waals surface area contributed by atoms with Gasteiger partial charge in [-0.1, -0.05) is 0 Å². The zero-order chi connectivity index (χ0) is 13.9. The predicted octanol–water partition coefficient (Wildman–Crippen LogP) is 2.08. The molecule has 0 fully saturated rings. The maximum atomic E-state index is 11.3. The average Bonchev–Trinajstić information content (AvgIpc) is 2.26. The topological polar surface area (TPSA) is 63.8 Å². The molecular weight excluding hydrogens is 232 g/mol.